The highest BCUT2D eigenvalue weighted by molar-refractivity contribution is 6.56. The second kappa shape index (κ2) is 22.7. The van der Waals surface area contributed by atoms with Crippen LogP contribution in [0.5, 0.6) is 11.5 Å². The minimum Gasteiger partial charge on any atom is -0.492 e. The molecule has 57 heavy (non-hydrogen) atoms. The Morgan fingerprint density at radius 1 is 0.702 bits per heavy atom. The molecule has 0 spiro atoms. The number of hydrogen-bond acceptors (Lipinski definition) is 12. The molecule has 2 aromatic rings. The molecule has 0 aliphatic rings. The summed E-state index contributed by atoms with van der Waals surface area (Å²) in [5, 5.41) is 53.4. The van der Waals surface area contributed by atoms with Crippen molar-refractivity contribution >= 4 is 74.2 Å². The molecule has 0 heterocycles. The molecule has 0 unspecified atom stereocenters. The predicted molar refractivity (Wildman–Crippen MR) is 227 cm³/mol. The second-order valence-corrected chi connectivity index (χ2v) is 15.9. The molecule has 16 nitrogen and oxygen atoms in total. The van der Waals surface area contributed by atoms with Crippen molar-refractivity contribution in [3.05, 3.63) is 57.6 Å². The second-order valence-electron chi connectivity index (χ2n) is 15.1. The summed E-state index contributed by atoms with van der Waals surface area (Å²) in [6.07, 6.45) is 0.692. The van der Waals surface area contributed by atoms with Gasteiger partial charge in [-0.15, -0.1) is 0 Å². The predicted octanol–water partition coefficient (Wildman–Crippen LogP) is 6.00. The Kier molecular flexibility index (Phi) is 19.5. The van der Waals surface area contributed by atoms with Crippen molar-refractivity contribution in [2.24, 2.45) is 4.90 Å². The van der Waals surface area contributed by atoms with Gasteiger partial charge in [0.1, 0.15) is 34.4 Å². The maximum absolute atomic E-state index is 12.0. The van der Waals surface area contributed by atoms with Gasteiger partial charge in [0.25, 0.3) is 0 Å². The van der Waals surface area contributed by atoms with Crippen LogP contribution in [-0.2, 0) is 9.47 Å². The van der Waals surface area contributed by atoms with Crippen molar-refractivity contribution in [1.82, 2.24) is 20.3 Å². The third-order valence-corrected chi connectivity index (χ3v) is 8.10. The molecule has 21 heteroatoms. The van der Waals surface area contributed by atoms with Gasteiger partial charge in [-0.2, -0.15) is 0 Å². The van der Waals surface area contributed by atoms with Crippen LogP contribution in [0.3, 0.4) is 0 Å². The molecule has 7 N–H and O–H groups in total. The number of alkyl carbamates (subject to hydrolysis) is 2. The molecule has 2 amide bonds. The summed E-state index contributed by atoms with van der Waals surface area (Å²) < 4.78 is 22.1. The van der Waals surface area contributed by atoms with E-state index in [1.54, 1.807) is 89.1 Å². The van der Waals surface area contributed by atoms with Crippen molar-refractivity contribution in [3.63, 3.8) is 0 Å². The monoisotopic (exact) mass is 833 g/mol. The Morgan fingerprint density at radius 2 is 1.07 bits per heavy atom. The van der Waals surface area contributed by atoms with Crippen molar-refractivity contribution in [2.45, 2.75) is 98.9 Å². The quantitative estimate of drug-likeness (QED) is 0.0424. The SMILES string of the molecule is CB(O)N=C(N(CCCCOc1ccc(C(=N)NC(=O)OC(C)(C)C)cc1Cl)B(C)O)N(CCCCOc1ccc(C(=N)NC(=O)OC(C)(C)C)cc1Cl)B(C)O. The summed E-state index contributed by atoms with van der Waals surface area (Å²) in [5.74, 6) is 0.664. The van der Waals surface area contributed by atoms with E-state index in [0.29, 0.717) is 61.4 Å². The molecular weight excluding hydrogens is 778 g/mol. The Labute approximate surface area is 347 Å². The molecule has 0 saturated heterocycles. The summed E-state index contributed by atoms with van der Waals surface area (Å²) in [6, 6.07) is 9.43. The molecular formula is C36H56B3Cl2N7O9. The van der Waals surface area contributed by atoms with E-state index in [-0.39, 0.29) is 40.9 Å². The summed E-state index contributed by atoms with van der Waals surface area (Å²) in [6.45, 7) is 16.2. The fourth-order valence-electron chi connectivity index (χ4n) is 5.02. The first-order valence-corrected chi connectivity index (χ1v) is 19.4. The van der Waals surface area contributed by atoms with Crippen LogP contribution >= 0.6 is 23.2 Å². The van der Waals surface area contributed by atoms with Crippen LogP contribution < -0.4 is 20.1 Å². The minimum atomic E-state index is -1.12. The third-order valence-electron chi connectivity index (χ3n) is 7.51. The van der Waals surface area contributed by atoms with Crippen LogP contribution in [0.2, 0.25) is 30.5 Å². The lowest BCUT2D eigenvalue weighted by molar-refractivity contribution is 0.0551. The lowest BCUT2D eigenvalue weighted by atomic mass is 9.80. The van der Waals surface area contributed by atoms with Gasteiger partial charge < -0.3 is 43.6 Å². The van der Waals surface area contributed by atoms with Crippen molar-refractivity contribution in [3.8, 4) is 11.5 Å². The number of nitrogens with zero attached hydrogens (tertiary/aromatic N) is 3. The van der Waals surface area contributed by atoms with Gasteiger partial charge in [0.15, 0.2) is 5.96 Å². The Balaban J connectivity index is 1.94. The molecule has 2 aromatic carbocycles. The van der Waals surface area contributed by atoms with E-state index in [0.717, 1.165) is 0 Å². The minimum absolute atomic E-state index is 0.173. The first kappa shape index (κ1) is 49.0. The van der Waals surface area contributed by atoms with Gasteiger partial charge in [-0.1, -0.05) is 23.2 Å². The number of rotatable bonds is 17. The molecule has 2 rings (SSSR count). The van der Waals surface area contributed by atoms with Gasteiger partial charge in [-0.05, 0) is 124 Å². The van der Waals surface area contributed by atoms with Crippen LogP contribution in [-0.4, -0.2) is 113 Å². The number of amides is 2. The molecule has 0 aliphatic carbocycles. The topological polar surface area (TPSA) is 222 Å². The number of unbranched alkanes of at least 4 members (excludes halogenated alkanes) is 2. The van der Waals surface area contributed by atoms with E-state index in [4.69, 9.17) is 53.0 Å². The van der Waals surface area contributed by atoms with Crippen molar-refractivity contribution in [1.29, 1.82) is 10.8 Å². The molecule has 0 bridgehead atoms. The van der Waals surface area contributed by atoms with Crippen molar-refractivity contribution in [2.75, 3.05) is 26.3 Å². The van der Waals surface area contributed by atoms with E-state index >= 15 is 0 Å². The van der Waals surface area contributed by atoms with E-state index in [1.807, 2.05) is 0 Å². The average molecular weight is 834 g/mol. The van der Waals surface area contributed by atoms with Gasteiger partial charge in [-0.25, -0.2) is 9.59 Å². The zero-order valence-electron chi connectivity index (χ0n) is 34.2. The smallest absolute Gasteiger partial charge is 0.431 e. The van der Waals surface area contributed by atoms with Crippen LogP contribution in [0.4, 0.5) is 9.59 Å². The normalized spacial score (nSPS) is 11.1. The fourth-order valence-corrected chi connectivity index (χ4v) is 5.49. The van der Waals surface area contributed by atoms with Gasteiger partial charge in [0, 0.05) is 24.2 Å². The highest BCUT2D eigenvalue weighted by Crippen LogP contribution is 2.27. The lowest BCUT2D eigenvalue weighted by Gasteiger charge is -2.37. The lowest BCUT2D eigenvalue weighted by Crippen LogP contribution is -2.56. The Morgan fingerprint density at radius 3 is 1.37 bits per heavy atom. The first-order valence-electron chi connectivity index (χ1n) is 18.6. The molecule has 0 saturated carbocycles. The number of amidine groups is 2. The van der Waals surface area contributed by atoms with Gasteiger partial charge in [0.05, 0.1) is 23.3 Å². The molecule has 0 radical (unpaired) electrons. The number of ether oxygens (including phenoxy) is 4. The third kappa shape index (κ3) is 18.3. The maximum Gasteiger partial charge on any atom is 0.431 e. The highest BCUT2D eigenvalue weighted by Gasteiger charge is 2.30. The molecule has 312 valence electrons. The summed E-state index contributed by atoms with van der Waals surface area (Å²) in [5.41, 5.74) is -0.678. The van der Waals surface area contributed by atoms with E-state index in [9.17, 15) is 24.7 Å². The zero-order valence-corrected chi connectivity index (χ0v) is 35.8. The number of nitrogens with one attached hydrogen (secondary N) is 4. The first-order chi connectivity index (χ1) is 26.5. The number of hydrogen-bond donors (Lipinski definition) is 7. The van der Waals surface area contributed by atoms with Crippen LogP contribution in [0, 0.1) is 10.8 Å². The Hall–Kier alpha value is -4.16. The van der Waals surface area contributed by atoms with E-state index in [1.165, 1.54) is 19.0 Å². The number of carbonyl (C=O) groups excluding carboxylic acids is 2. The number of halogens is 2. The molecule has 0 atom stereocenters. The Bertz CT molecular complexity index is 1590. The highest BCUT2D eigenvalue weighted by atomic mass is 35.5. The largest absolute Gasteiger partial charge is 0.492 e. The zero-order chi connectivity index (χ0) is 43.1. The number of carbonyl (C=O) groups is 2. The maximum atomic E-state index is 12.0. The van der Waals surface area contributed by atoms with Gasteiger partial charge in [-0.3, -0.25) is 26.4 Å². The standard InChI is InChI=1S/C36H56B3Cl2N7O9/c1-35(2,3)56-33(49)44-30(42)24-14-16-28(26(40)22-24)54-20-12-10-18-47(38(8)52)32(46-37(7)51)48(39(9)53)19-11-13-21-55-29-17-15-25(23-27(29)41)31(43)45-34(50)57-36(4,5)6/h14-17,22-23,51-53H,10-13,18-21H2,1-9H3,(H2,42,44,49)(H2,43,45,50). The summed E-state index contributed by atoms with van der Waals surface area (Å²) >= 11 is 12.8. The van der Waals surface area contributed by atoms with E-state index in [2.05, 4.69) is 15.5 Å². The van der Waals surface area contributed by atoms with Crippen LogP contribution in [0.15, 0.2) is 41.3 Å². The number of benzene rings is 2. The molecule has 0 fully saturated rings. The molecule has 0 aromatic heterocycles. The van der Waals surface area contributed by atoms with Crippen LogP contribution in [0.25, 0.3) is 0 Å². The van der Waals surface area contributed by atoms with Crippen LogP contribution in [0.1, 0.15) is 78.4 Å². The fraction of sp³-hybridized carbons (Fsp3) is 0.528. The molecule has 0 aliphatic heterocycles. The van der Waals surface area contributed by atoms with Crippen molar-refractivity contribution < 1.29 is 43.6 Å². The van der Waals surface area contributed by atoms with Gasteiger partial charge in [0.2, 0.25) is 0 Å². The van der Waals surface area contributed by atoms with E-state index < -0.39 is 44.5 Å². The summed E-state index contributed by atoms with van der Waals surface area (Å²) in [4.78, 5) is 31.6. The van der Waals surface area contributed by atoms with Gasteiger partial charge >= 0.3 is 33.3 Å². The average Bonchev–Trinajstić information content (AvgIpc) is 3.06. The summed E-state index contributed by atoms with van der Waals surface area (Å²) in [7, 11) is -3.14. The number of guanidine groups is 1.